The third-order valence-electron chi connectivity index (χ3n) is 2.83. The van der Waals surface area contributed by atoms with Crippen molar-refractivity contribution < 1.29 is 14.3 Å². The van der Waals surface area contributed by atoms with Crippen LogP contribution in [0.1, 0.15) is 46.5 Å². The van der Waals surface area contributed by atoms with Crippen molar-refractivity contribution in [2.24, 2.45) is 0 Å². The van der Waals surface area contributed by atoms with E-state index < -0.39 is 5.54 Å². The van der Waals surface area contributed by atoms with E-state index in [1.807, 2.05) is 13.8 Å². The molecule has 0 aliphatic heterocycles. The number of carbonyl (C=O) groups excluding carboxylic acids is 1. The summed E-state index contributed by atoms with van der Waals surface area (Å²) in [4.78, 5) is 11.9. The van der Waals surface area contributed by atoms with E-state index in [-0.39, 0.29) is 5.97 Å². The molecular formula is C13H27NO3. The third kappa shape index (κ3) is 6.64. The molecule has 0 aliphatic carbocycles. The molecule has 1 N–H and O–H groups in total. The summed E-state index contributed by atoms with van der Waals surface area (Å²) in [6.45, 7) is 7.59. The van der Waals surface area contributed by atoms with Gasteiger partial charge in [-0.15, -0.1) is 0 Å². The van der Waals surface area contributed by atoms with Gasteiger partial charge in [0.25, 0.3) is 0 Å². The number of unbranched alkanes of at least 4 members (excludes halogenated alkanes) is 2. The lowest BCUT2D eigenvalue weighted by Crippen LogP contribution is -2.51. The number of rotatable bonds is 10. The minimum absolute atomic E-state index is 0.160. The average Bonchev–Trinajstić information content (AvgIpc) is 2.30. The molecule has 0 saturated heterocycles. The second kappa shape index (κ2) is 9.42. The summed E-state index contributed by atoms with van der Waals surface area (Å²) in [6.07, 6.45) is 4.13. The smallest absolute Gasteiger partial charge is 0.326 e. The Balaban J connectivity index is 4.28. The normalized spacial score (nSPS) is 14.4. The summed E-state index contributed by atoms with van der Waals surface area (Å²) in [5.74, 6) is -0.160. The fourth-order valence-corrected chi connectivity index (χ4v) is 1.71. The molecule has 0 amide bonds. The Morgan fingerprint density at radius 1 is 1.29 bits per heavy atom. The molecule has 17 heavy (non-hydrogen) atoms. The van der Waals surface area contributed by atoms with Gasteiger partial charge in [-0.1, -0.05) is 26.2 Å². The van der Waals surface area contributed by atoms with Crippen LogP contribution in [0.2, 0.25) is 0 Å². The van der Waals surface area contributed by atoms with Crippen molar-refractivity contribution in [3.63, 3.8) is 0 Å². The predicted octanol–water partition coefficient (Wildman–Crippen LogP) is 2.12. The van der Waals surface area contributed by atoms with Gasteiger partial charge in [0, 0.05) is 13.7 Å². The van der Waals surface area contributed by atoms with Crippen LogP contribution in [0, 0.1) is 0 Å². The van der Waals surface area contributed by atoms with E-state index in [2.05, 4.69) is 12.2 Å². The monoisotopic (exact) mass is 245 g/mol. The van der Waals surface area contributed by atoms with Crippen LogP contribution in [0.5, 0.6) is 0 Å². The molecule has 102 valence electrons. The van der Waals surface area contributed by atoms with Gasteiger partial charge in [-0.25, -0.2) is 0 Å². The molecule has 0 aliphatic rings. The number of nitrogens with one attached hydrogen (secondary N) is 1. The maximum atomic E-state index is 11.9. The standard InChI is InChI=1S/C13H27NO3/c1-5-7-8-9-13(3,12(15)17-6-2)14-10-11-16-4/h14H,5-11H2,1-4H3. The van der Waals surface area contributed by atoms with E-state index >= 15 is 0 Å². The number of ether oxygens (including phenoxy) is 2. The average molecular weight is 245 g/mol. The zero-order valence-corrected chi connectivity index (χ0v) is 11.7. The highest BCUT2D eigenvalue weighted by Crippen LogP contribution is 2.16. The van der Waals surface area contributed by atoms with Gasteiger partial charge in [0.05, 0.1) is 13.2 Å². The molecule has 0 radical (unpaired) electrons. The van der Waals surface area contributed by atoms with Crippen LogP contribution >= 0.6 is 0 Å². The van der Waals surface area contributed by atoms with Crippen LogP contribution in [0.3, 0.4) is 0 Å². The van der Waals surface area contributed by atoms with E-state index in [4.69, 9.17) is 9.47 Å². The van der Waals surface area contributed by atoms with Crippen molar-refractivity contribution in [3.8, 4) is 0 Å². The lowest BCUT2D eigenvalue weighted by Gasteiger charge is -2.28. The molecule has 0 heterocycles. The fraction of sp³-hybridized carbons (Fsp3) is 0.923. The SMILES string of the molecule is CCCCCC(C)(NCCOC)C(=O)OCC. The minimum atomic E-state index is -0.580. The molecule has 1 unspecified atom stereocenters. The van der Waals surface area contributed by atoms with Crippen LogP contribution in [-0.2, 0) is 14.3 Å². The first-order valence-corrected chi connectivity index (χ1v) is 6.52. The minimum Gasteiger partial charge on any atom is -0.465 e. The lowest BCUT2D eigenvalue weighted by molar-refractivity contribution is -0.151. The highest BCUT2D eigenvalue weighted by molar-refractivity contribution is 5.80. The summed E-state index contributed by atoms with van der Waals surface area (Å²) in [7, 11) is 1.65. The molecule has 0 rings (SSSR count). The Hall–Kier alpha value is -0.610. The van der Waals surface area contributed by atoms with Crippen LogP contribution in [0.25, 0.3) is 0 Å². The molecule has 0 spiro atoms. The molecule has 0 aromatic rings. The molecule has 0 bridgehead atoms. The second-order valence-electron chi connectivity index (χ2n) is 4.43. The van der Waals surface area contributed by atoms with E-state index in [9.17, 15) is 4.79 Å². The molecule has 0 aromatic carbocycles. The number of esters is 1. The van der Waals surface area contributed by atoms with Gasteiger partial charge in [0.2, 0.25) is 0 Å². The quantitative estimate of drug-likeness (QED) is 0.473. The van der Waals surface area contributed by atoms with E-state index in [1.165, 1.54) is 0 Å². The summed E-state index contributed by atoms with van der Waals surface area (Å²) in [5, 5.41) is 3.24. The number of methoxy groups -OCH3 is 1. The molecule has 0 fully saturated rings. The van der Waals surface area contributed by atoms with Crippen molar-refractivity contribution in [2.45, 2.75) is 52.0 Å². The highest BCUT2D eigenvalue weighted by atomic mass is 16.5. The topological polar surface area (TPSA) is 47.6 Å². The maximum Gasteiger partial charge on any atom is 0.326 e. The zero-order valence-electron chi connectivity index (χ0n) is 11.7. The molecule has 0 aromatic heterocycles. The Kier molecular flexibility index (Phi) is 9.09. The summed E-state index contributed by atoms with van der Waals surface area (Å²) in [5.41, 5.74) is -0.580. The Morgan fingerprint density at radius 2 is 2.00 bits per heavy atom. The largest absolute Gasteiger partial charge is 0.465 e. The third-order valence-corrected chi connectivity index (χ3v) is 2.83. The lowest BCUT2D eigenvalue weighted by atomic mass is 9.94. The van der Waals surface area contributed by atoms with Gasteiger partial charge in [-0.2, -0.15) is 0 Å². The number of hydrogen-bond acceptors (Lipinski definition) is 4. The first-order valence-electron chi connectivity index (χ1n) is 6.52. The van der Waals surface area contributed by atoms with Gasteiger partial charge in [0.1, 0.15) is 5.54 Å². The summed E-state index contributed by atoms with van der Waals surface area (Å²) >= 11 is 0. The van der Waals surface area contributed by atoms with E-state index in [0.717, 1.165) is 25.7 Å². The van der Waals surface area contributed by atoms with Crippen molar-refractivity contribution >= 4 is 5.97 Å². The van der Waals surface area contributed by atoms with Crippen molar-refractivity contribution in [1.29, 1.82) is 0 Å². The van der Waals surface area contributed by atoms with Gasteiger partial charge in [0.15, 0.2) is 0 Å². The molecular weight excluding hydrogens is 218 g/mol. The molecule has 1 atom stereocenters. The van der Waals surface area contributed by atoms with E-state index in [1.54, 1.807) is 7.11 Å². The van der Waals surface area contributed by atoms with Gasteiger partial charge < -0.3 is 9.47 Å². The first-order chi connectivity index (χ1) is 8.10. The van der Waals surface area contributed by atoms with Crippen molar-refractivity contribution in [2.75, 3.05) is 26.9 Å². The Bertz CT molecular complexity index is 197. The number of carbonyl (C=O) groups is 1. The van der Waals surface area contributed by atoms with Crippen molar-refractivity contribution in [1.82, 2.24) is 5.32 Å². The molecule has 4 nitrogen and oxygen atoms in total. The van der Waals surface area contributed by atoms with Gasteiger partial charge in [-0.3, -0.25) is 10.1 Å². The first kappa shape index (κ1) is 16.4. The summed E-state index contributed by atoms with van der Waals surface area (Å²) in [6, 6.07) is 0. The Morgan fingerprint density at radius 3 is 2.53 bits per heavy atom. The van der Waals surface area contributed by atoms with Gasteiger partial charge >= 0.3 is 5.97 Å². The maximum absolute atomic E-state index is 11.9. The molecule has 0 saturated carbocycles. The van der Waals surface area contributed by atoms with Gasteiger partial charge in [-0.05, 0) is 20.3 Å². The molecule has 4 heteroatoms. The van der Waals surface area contributed by atoms with Crippen LogP contribution in [-0.4, -0.2) is 38.4 Å². The van der Waals surface area contributed by atoms with E-state index in [0.29, 0.717) is 19.8 Å². The highest BCUT2D eigenvalue weighted by Gasteiger charge is 2.33. The number of hydrogen-bond donors (Lipinski definition) is 1. The van der Waals surface area contributed by atoms with Crippen LogP contribution in [0.15, 0.2) is 0 Å². The summed E-state index contributed by atoms with van der Waals surface area (Å²) < 4.78 is 10.1. The second-order valence-corrected chi connectivity index (χ2v) is 4.43. The predicted molar refractivity (Wildman–Crippen MR) is 69.1 cm³/mol. The Labute approximate surface area is 105 Å². The van der Waals surface area contributed by atoms with Crippen LogP contribution < -0.4 is 5.32 Å². The van der Waals surface area contributed by atoms with Crippen LogP contribution in [0.4, 0.5) is 0 Å². The van der Waals surface area contributed by atoms with Crippen molar-refractivity contribution in [3.05, 3.63) is 0 Å². The zero-order chi connectivity index (χ0) is 13.1. The fourth-order valence-electron chi connectivity index (χ4n) is 1.71.